The van der Waals surface area contributed by atoms with Gasteiger partial charge in [-0.3, -0.25) is 14.4 Å². The minimum atomic E-state index is -0.497. The van der Waals surface area contributed by atoms with Crippen molar-refractivity contribution in [2.75, 3.05) is 11.4 Å². The fourth-order valence-corrected chi connectivity index (χ4v) is 2.99. The lowest BCUT2D eigenvalue weighted by atomic mass is 10.1. The van der Waals surface area contributed by atoms with Crippen molar-refractivity contribution in [3.63, 3.8) is 0 Å². The highest BCUT2D eigenvalue weighted by molar-refractivity contribution is 6.00. The molecule has 2 aromatic carbocycles. The van der Waals surface area contributed by atoms with E-state index in [9.17, 15) is 14.4 Å². The van der Waals surface area contributed by atoms with E-state index >= 15 is 0 Å². The van der Waals surface area contributed by atoms with Gasteiger partial charge in [0.1, 0.15) is 12.0 Å². The molecule has 1 aliphatic rings. The molecule has 5 nitrogen and oxygen atoms in total. The van der Waals surface area contributed by atoms with Crippen LogP contribution in [0.5, 0.6) is 5.75 Å². The average Bonchev–Trinajstić information content (AvgIpc) is 3.04. The zero-order chi connectivity index (χ0) is 17.8. The Bertz CT molecular complexity index is 798. The number of carbonyl (C=O) groups is 3. The van der Waals surface area contributed by atoms with Crippen LogP contribution in [0.4, 0.5) is 5.69 Å². The molecule has 1 atom stereocenters. The van der Waals surface area contributed by atoms with Crippen LogP contribution >= 0.6 is 0 Å². The lowest BCUT2D eigenvalue weighted by Crippen LogP contribution is -2.28. The Hall–Kier alpha value is -2.95. The van der Waals surface area contributed by atoms with Crippen LogP contribution in [0.2, 0.25) is 0 Å². The standard InChI is InChI=1S/C20H19NO4/c1-2-15-5-3-4-6-18(15)21-12-16(11-19(21)23)20(24)25-17-9-7-14(13-22)8-10-17/h3-10,13,16H,2,11-12H2,1H3/t16-/m1/s1. The molecule has 1 fully saturated rings. The predicted octanol–water partition coefficient (Wildman–Crippen LogP) is 3.02. The second-order valence-corrected chi connectivity index (χ2v) is 6.00. The summed E-state index contributed by atoms with van der Waals surface area (Å²) >= 11 is 0. The summed E-state index contributed by atoms with van der Waals surface area (Å²) in [5.41, 5.74) is 2.45. The Kier molecular flexibility index (Phi) is 4.93. The maximum atomic E-state index is 12.4. The SMILES string of the molecule is CCc1ccccc1N1C[C@H](C(=O)Oc2ccc(C=O)cc2)CC1=O. The molecule has 0 radical (unpaired) electrons. The van der Waals surface area contributed by atoms with Crippen molar-refractivity contribution in [3.8, 4) is 5.75 Å². The predicted molar refractivity (Wildman–Crippen MR) is 93.7 cm³/mol. The van der Waals surface area contributed by atoms with Crippen molar-refractivity contribution >= 4 is 23.9 Å². The lowest BCUT2D eigenvalue weighted by molar-refractivity contribution is -0.139. The number of hydrogen-bond acceptors (Lipinski definition) is 4. The second-order valence-electron chi connectivity index (χ2n) is 6.00. The van der Waals surface area contributed by atoms with E-state index in [1.807, 2.05) is 31.2 Å². The number of ether oxygens (including phenoxy) is 1. The summed E-state index contributed by atoms with van der Waals surface area (Å²) in [4.78, 5) is 37.1. The van der Waals surface area contributed by atoms with Crippen LogP contribution in [0.25, 0.3) is 0 Å². The van der Waals surface area contributed by atoms with E-state index in [-0.39, 0.29) is 12.3 Å². The summed E-state index contributed by atoms with van der Waals surface area (Å²) in [6, 6.07) is 14.0. The van der Waals surface area contributed by atoms with Crippen LogP contribution < -0.4 is 9.64 Å². The summed E-state index contributed by atoms with van der Waals surface area (Å²) in [6.07, 6.45) is 1.69. The molecule has 0 unspecified atom stereocenters. The van der Waals surface area contributed by atoms with Gasteiger partial charge in [-0.25, -0.2) is 0 Å². The van der Waals surface area contributed by atoms with Crippen LogP contribution in [0.3, 0.4) is 0 Å². The van der Waals surface area contributed by atoms with Gasteiger partial charge in [-0.05, 0) is 42.3 Å². The fourth-order valence-electron chi connectivity index (χ4n) is 2.99. The highest BCUT2D eigenvalue weighted by Gasteiger charge is 2.37. The van der Waals surface area contributed by atoms with E-state index in [4.69, 9.17) is 4.74 Å². The molecule has 0 N–H and O–H groups in total. The van der Waals surface area contributed by atoms with Crippen LogP contribution in [0, 0.1) is 5.92 Å². The molecule has 0 aliphatic carbocycles. The van der Waals surface area contributed by atoms with Crippen LogP contribution in [-0.2, 0) is 16.0 Å². The van der Waals surface area contributed by atoms with Gasteiger partial charge in [0.25, 0.3) is 0 Å². The Balaban J connectivity index is 1.71. The smallest absolute Gasteiger partial charge is 0.316 e. The van der Waals surface area contributed by atoms with Gasteiger partial charge < -0.3 is 9.64 Å². The van der Waals surface area contributed by atoms with E-state index in [0.717, 1.165) is 24.0 Å². The Morgan fingerprint density at radius 3 is 2.60 bits per heavy atom. The van der Waals surface area contributed by atoms with Crippen molar-refractivity contribution in [1.29, 1.82) is 0 Å². The van der Waals surface area contributed by atoms with Gasteiger partial charge in [0.2, 0.25) is 5.91 Å². The van der Waals surface area contributed by atoms with Gasteiger partial charge >= 0.3 is 5.97 Å². The van der Waals surface area contributed by atoms with E-state index < -0.39 is 11.9 Å². The first kappa shape index (κ1) is 16.9. The minimum absolute atomic E-state index is 0.0702. The number of benzene rings is 2. The number of amides is 1. The molecule has 2 aromatic rings. The van der Waals surface area contributed by atoms with Crippen LogP contribution in [0.1, 0.15) is 29.3 Å². The number of rotatable bonds is 5. The Morgan fingerprint density at radius 1 is 1.20 bits per heavy atom. The number of esters is 1. The van der Waals surface area contributed by atoms with E-state index in [1.54, 1.807) is 29.2 Å². The van der Waals surface area contributed by atoms with Gasteiger partial charge in [-0.2, -0.15) is 0 Å². The van der Waals surface area contributed by atoms with Crippen molar-refractivity contribution in [1.82, 2.24) is 0 Å². The van der Waals surface area contributed by atoms with Crippen molar-refractivity contribution in [2.45, 2.75) is 19.8 Å². The number of anilines is 1. The first-order chi connectivity index (χ1) is 12.1. The quantitative estimate of drug-likeness (QED) is 0.478. The van der Waals surface area contributed by atoms with Crippen molar-refractivity contribution < 1.29 is 19.1 Å². The Labute approximate surface area is 146 Å². The largest absolute Gasteiger partial charge is 0.426 e. The first-order valence-corrected chi connectivity index (χ1v) is 8.27. The Morgan fingerprint density at radius 2 is 1.92 bits per heavy atom. The van der Waals surface area contributed by atoms with Gasteiger partial charge in [0, 0.05) is 24.2 Å². The normalized spacial score (nSPS) is 16.8. The van der Waals surface area contributed by atoms with Gasteiger partial charge in [0.15, 0.2) is 0 Å². The van der Waals surface area contributed by atoms with E-state index in [2.05, 4.69) is 0 Å². The van der Waals surface area contributed by atoms with Crippen LogP contribution in [0.15, 0.2) is 48.5 Å². The molecule has 0 saturated carbocycles. The molecule has 1 amide bonds. The van der Waals surface area contributed by atoms with E-state index in [1.165, 1.54) is 0 Å². The molecule has 1 aliphatic heterocycles. The summed E-state index contributed by atoms with van der Waals surface area (Å²) < 4.78 is 5.35. The van der Waals surface area contributed by atoms with Crippen molar-refractivity contribution in [3.05, 3.63) is 59.7 Å². The molecule has 0 spiro atoms. The molecule has 25 heavy (non-hydrogen) atoms. The lowest BCUT2D eigenvalue weighted by Gasteiger charge is -2.19. The molecule has 3 rings (SSSR count). The van der Waals surface area contributed by atoms with E-state index in [0.29, 0.717) is 17.9 Å². The summed E-state index contributed by atoms with van der Waals surface area (Å²) in [7, 11) is 0. The number of hydrogen-bond donors (Lipinski definition) is 0. The van der Waals surface area contributed by atoms with Crippen LogP contribution in [-0.4, -0.2) is 24.7 Å². The fraction of sp³-hybridized carbons (Fsp3) is 0.250. The van der Waals surface area contributed by atoms with Gasteiger partial charge in [-0.15, -0.1) is 0 Å². The maximum absolute atomic E-state index is 12.4. The zero-order valence-corrected chi connectivity index (χ0v) is 14.0. The summed E-state index contributed by atoms with van der Waals surface area (Å²) in [5, 5.41) is 0. The molecule has 128 valence electrons. The molecular weight excluding hydrogens is 318 g/mol. The number of aryl methyl sites for hydroxylation is 1. The maximum Gasteiger partial charge on any atom is 0.316 e. The molecule has 5 heteroatoms. The van der Waals surface area contributed by atoms with Gasteiger partial charge in [0.05, 0.1) is 5.92 Å². The number of para-hydroxylation sites is 1. The highest BCUT2D eigenvalue weighted by atomic mass is 16.5. The number of nitrogens with zero attached hydrogens (tertiary/aromatic N) is 1. The third-order valence-electron chi connectivity index (χ3n) is 4.36. The molecule has 0 bridgehead atoms. The topological polar surface area (TPSA) is 63.7 Å². The van der Waals surface area contributed by atoms with Crippen molar-refractivity contribution in [2.24, 2.45) is 5.92 Å². The zero-order valence-electron chi connectivity index (χ0n) is 14.0. The summed E-state index contributed by atoms with van der Waals surface area (Å²) in [6.45, 7) is 2.36. The number of carbonyl (C=O) groups excluding carboxylic acids is 3. The average molecular weight is 337 g/mol. The van der Waals surface area contributed by atoms with Gasteiger partial charge in [-0.1, -0.05) is 25.1 Å². The molecule has 1 heterocycles. The second kappa shape index (κ2) is 7.30. The number of aldehydes is 1. The molecule has 1 saturated heterocycles. The highest BCUT2D eigenvalue weighted by Crippen LogP contribution is 2.29. The third kappa shape index (κ3) is 3.60. The first-order valence-electron chi connectivity index (χ1n) is 8.27. The molecule has 0 aromatic heterocycles. The summed E-state index contributed by atoms with van der Waals surface area (Å²) in [5.74, 6) is -0.624. The third-order valence-corrected chi connectivity index (χ3v) is 4.36. The minimum Gasteiger partial charge on any atom is -0.426 e. The molecular formula is C20H19NO4. The monoisotopic (exact) mass is 337 g/mol.